The molecule has 1 saturated carbocycles. The lowest BCUT2D eigenvalue weighted by molar-refractivity contribution is 0.258. The monoisotopic (exact) mass is 493 g/mol. The highest BCUT2D eigenvalue weighted by Crippen LogP contribution is 2.47. The molecule has 8 heteroatoms. The van der Waals surface area contributed by atoms with Crippen molar-refractivity contribution in [2.24, 2.45) is 5.92 Å². The minimum Gasteiger partial charge on any atom is -0.488 e. The largest absolute Gasteiger partial charge is 0.488 e. The van der Waals surface area contributed by atoms with Crippen LogP contribution in [0.1, 0.15) is 59.4 Å². The molecule has 1 aromatic heterocycles. The first kappa shape index (κ1) is 23.9. The summed E-state index contributed by atoms with van der Waals surface area (Å²) in [6, 6.07) is 14.0. The molecule has 1 fully saturated rings. The first-order chi connectivity index (χ1) is 17.1. The minimum atomic E-state index is -2.14. The van der Waals surface area contributed by atoms with Gasteiger partial charge in [-0.25, -0.2) is 4.21 Å². The van der Waals surface area contributed by atoms with E-state index >= 15 is 0 Å². The van der Waals surface area contributed by atoms with E-state index in [0.717, 1.165) is 43.4 Å². The van der Waals surface area contributed by atoms with Crippen molar-refractivity contribution >= 4 is 16.8 Å². The van der Waals surface area contributed by atoms with Gasteiger partial charge in [-0.05, 0) is 79.0 Å². The summed E-state index contributed by atoms with van der Waals surface area (Å²) in [7, 11) is 0. The highest BCUT2D eigenvalue weighted by atomic mass is 32.2. The number of rotatable bonds is 9. The molecule has 5 rings (SSSR count). The van der Waals surface area contributed by atoms with Gasteiger partial charge in [0.1, 0.15) is 12.4 Å². The SMILES string of the molecule is CCc1ccc2c(c1)CCC(C1CC1)N2C(c1ccc(OCc2ccnnc2)c(CO)c1)S(=O)O. The van der Waals surface area contributed by atoms with E-state index in [1.165, 1.54) is 11.1 Å². The maximum atomic E-state index is 12.9. The molecule has 2 aromatic carbocycles. The lowest BCUT2D eigenvalue weighted by Crippen LogP contribution is -2.45. The van der Waals surface area contributed by atoms with Gasteiger partial charge in [0.2, 0.25) is 0 Å². The van der Waals surface area contributed by atoms with Crippen molar-refractivity contribution in [3.05, 3.63) is 82.7 Å². The maximum absolute atomic E-state index is 12.9. The van der Waals surface area contributed by atoms with E-state index in [1.807, 2.05) is 12.1 Å². The summed E-state index contributed by atoms with van der Waals surface area (Å²) in [6.07, 6.45) is 8.49. The molecule has 0 bridgehead atoms. The summed E-state index contributed by atoms with van der Waals surface area (Å²) >= 11 is -2.14. The molecule has 3 unspecified atom stereocenters. The van der Waals surface area contributed by atoms with Gasteiger partial charge in [-0.2, -0.15) is 10.2 Å². The Kier molecular flexibility index (Phi) is 7.13. The van der Waals surface area contributed by atoms with Crippen LogP contribution < -0.4 is 9.64 Å². The van der Waals surface area contributed by atoms with Crippen LogP contribution in [0.3, 0.4) is 0 Å². The zero-order valence-corrected chi connectivity index (χ0v) is 20.7. The van der Waals surface area contributed by atoms with Crippen LogP contribution in [-0.4, -0.2) is 30.1 Å². The molecular weight excluding hydrogens is 462 g/mol. The lowest BCUT2D eigenvalue weighted by Gasteiger charge is -2.43. The van der Waals surface area contributed by atoms with Gasteiger partial charge in [0, 0.05) is 29.1 Å². The molecule has 184 valence electrons. The van der Waals surface area contributed by atoms with Gasteiger partial charge in [0.15, 0.2) is 16.5 Å². The molecule has 2 N–H and O–H groups in total. The number of nitrogens with zero attached hydrogens (tertiary/aromatic N) is 3. The van der Waals surface area contributed by atoms with Crippen molar-refractivity contribution in [3.63, 3.8) is 0 Å². The van der Waals surface area contributed by atoms with Crippen LogP contribution in [0.4, 0.5) is 5.69 Å². The van der Waals surface area contributed by atoms with Crippen LogP contribution in [0.5, 0.6) is 5.75 Å². The Hall–Kier alpha value is -2.81. The summed E-state index contributed by atoms with van der Waals surface area (Å²) in [5.41, 5.74) is 5.72. The van der Waals surface area contributed by atoms with Gasteiger partial charge in [0.25, 0.3) is 0 Å². The first-order valence-corrected chi connectivity index (χ1v) is 13.4. The molecule has 3 aromatic rings. The van der Waals surface area contributed by atoms with Crippen LogP contribution in [0.15, 0.2) is 54.9 Å². The van der Waals surface area contributed by atoms with E-state index in [9.17, 15) is 13.9 Å². The van der Waals surface area contributed by atoms with Gasteiger partial charge >= 0.3 is 0 Å². The zero-order chi connectivity index (χ0) is 24.4. The number of benzene rings is 2. The van der Waals surface area contributed by atoms with Gasteiger partial charge in [-0.15, -0.1) is 0 Å². The number of hydrogen-bond donors (Lipinski definition) is 2. The van der Waals surface area contributed by atoms with Gasteiger partial charge < -0.3 is 19.3 Å². The van der Waals surface area contributed by atoms with Crippen molar-refractivity contribution in [2.45, 2.75) is 63.7 Å². The third-order valence-electron chi connectivity index (χ3n) is 7.09. The lowest BCUT2D eigenvalue weighted by atomic mass is 9.90. The molecule has 35 heavy (non-hydrogen) atoms. The van der Waals surface area contributed by atoms with Crippen LogP contribution in [0, 0.1) is 5.92 Å². The van der Waals surface area contributed by atoms with Gasteiger partial charge in [-0.3, -0.25) is 0 Å². The fourth-order valence-corrected chi connectivity index (χ4v) is 5.98. The second-order valence-corrected chi connectivity index (χ2v) is 10.4. The van der Waals surface area contributed by atoms with Crippen LogP contribution in [0.25, 0.3) is 0 Å². The molecule has 7 nitrogen and oxygen atoms in total. The van der Waals surface area contributed by atoms with Crippen molar-refractivity contribution < 1.29 is 18.6 Å². The minimum absolute atomic E-state index is 0.226. The molecule has 0 spiro atoms. The normalized spacial score (nSPS) is 19.2. The Morgan fingerprint density at radius 2 is 1.97 bits per heavy atom. The molecule has 1 aliphatic carbocycles. The second-order valence-electron chi connectivity index (χ2n) is 9.36. The topological polar surface area (TPSA) is 95.8 Å². The Morgan fingerprint density at radius 3 is 2.66 bits per heavy atom. The number of hydrogen-bond acceptors (Lipinski definition) is 6. The fraction of sp³-hybridized carbons (Fsp3) is 0.407. The van der Waals surface area contributed by atoms with Crippen LogP contribution >= 0.6 is 0 Å². The van der Waals surface area contributed by atoms with E-state index < -0.39 is 16.5 Å². The van der Waals surface area contributed by atoms with E-state index in [4.69, 9.17) is 4.74 Å². The Bertz CT molecular complexity index is 1200. The van der Waals surface area contributed by atoms with E-state index in [2.05, 4.69) is 40.2 Å². The molecule has 0 amide bonds. The first-order valence-electron chi connectivity index (χ1n) is 12.2. The number of fused-ring (bicyclic) bond motifs is 1. The predicted molar refractivity (Wildman–Crippen MR) is 135 cm³/mol. The van der Waals surface area contributed by atoms with Crippen LogP contribution in [0.2, 0.25) is 0 Å². The van der Waals surface area contributed by atoms with Crippen molar-refractivity contribution in [3.8, 4) is 5.75 Å². The highest BCUT2D eigenvalue weighted by Gasteiger charge is 2.43. The van der Waals surface area contributed by atoms with Gasteiger partial charge in [0.05, 0.1) is 12.8 Å². The highest BCUT2D eigenvalue weighted by molar-refractivity contribution is 7.79. The summed E-state index contributed by atoms with van der Waals surface area (Å²) in [5.74, 6) is 1.09. The number of ether oxygens (including phenoxy) is 1. The molecule has 0 radical (unpaired) electrons. The summed E-state index contributed by atoms with van der Waals surface area (Å²) < 4.78 is 29.4. The van der Waals surface area contributed by atoms with E-state index in [-0.39, 0.29) is 12.6 Å². The molecular formula is C27H31N3O4S. The predicted octanol–water partition coefficient (Wildman–Crippen LogP) is 4.56. The fourth-order valence-electron chi connectivity index (χ4n) is 5.13. The number of aryl methyl sites for hydroxylation is 2. The average Bonchev–Trinajstić information content (AvgIpc) is 3.73. The summed E-state index contributed by atoms with van der Waals surface area (Å²) in [4.78, 5) is 2.19. The van der Waals surface area contributed by atoms with Crippen molar-refractivity contribution in [1.82, 2.24) is 10.2 Å². The Morgan fingerprint density at radius 1 is 1.11 bits per heavy atom. The standard InChI is InChI=1S/C27H31N3O4S/c1-2-18-3-8-25-21(13-18)6-9-24(20-4-5-20)30(25)27(35(32)33)22-7-10-26(23(14-22)16-31)34-17-19-11-12-28-29-15-19/h3,7-8,10-15,20,24,27,31H,2,4-6,9,16-17H2,1H3,(H,32,33). The third kappa shape index (κ3) is 5.10. The van der Waals surface area contributed by atoms with Crippen molar-refractivity contribution in [2.75, 3.05) is 4.90 Å². The van der Waals surface area contributed by atoms with E-state index in [0.29, 0.717) is 29.4 Å². The zero-order valence-electron chi connectivity index (χ0n) is 19.8. The number of aromatic nitrogens is 2. The Balaban J connectivity index is 1.49. The molecule has 0 saturated heterocycles. The van der Waals surface area contributed by atoms with Crippen molar-refractivity contribution in [1.29, 1.82) is 0 Å². The number of aliphatic hydroxyl groups is 1. The molecule has 2 aliphatic rings. The smallest absolute Gasteiger partial charge is 0.181 e. The number of aliphatic hydroxyl groups excluding tert-OH is 1. The summed E-state index contributed by atoms with van der Waals surface area (Å²) in [5, 5.41) is 17.0. The number of anilines is 1. The average molecular weight is 494 g/mol. The molecule has 3 atom stereocenters. The van der Waals surface area contributed by atoms with Gasteiger partial charge in [-0.1, -0.05) is 25.1 Å². The molecule has 2 heterocycles. The quantitative estimate of drug-likeness (QED) is 0.422. The summed E-state index contributed by atoms with van der Waals surface area (Å²) in [6.45, 7) is 2.21. The second kappa shape index (κ2) is 10.4. The molecule has 1 aliphatic heterocycles. The third-order valence-corrected chi connectivity index (χ3v) is 7.97. The Labute approximate surface area is 208 Å². The van der Waals surface area contributed by atoms with E-state index in [1.54, 1.807) is 24.5 Å². The maximum Gasteiger partial charge on any atom is 0.181 e. The van der Waals surface area contributed by atoms with Crippen LogP contribution in [-0.2, 0) is 37.1 Å².